The summed E-state index contributed by atoms with van der Waals surface area (Å²) in [6.07, 6.45) is 0.676. The van der Waals surface area contributed by atoms with E-state index in [0.717, 1.165) is 48.2 Å². The normalized spacial score (nSPS) is 16.7. The summed E-state index contributed by atoms with van der Waals surface area (Å²) >= 11 is 0. The fraction of sp³-hybridized carbons (Fsp3) is 0.444. The second kappa shape index (κ2) is 10.9. The number of likely N-dealkylation sites (N-methyl/N-ethyl adjacent to an activating group) is 1. The molecule has 1 atom stereocenters. The lowest BCUT2D eigenvalue weighted by Gasteiger charge is -2.32. The third kappa shape index (κ3) is 5.82. The molecule has 0 radical (unpaired) electrons. The van der Waals surface area contributed by atoms with Crippen molar-refractivity contribution in [2.45, 2.75) is 31.2 Å². The van der Waals surface area contributed by atoms with Gasteiger partial charge in [0.1, 0.15) is 12.6 Å². The summed E-state index contributed by atoms with van der Waals surface area (Å²) in [5.74, 6) is -1.33. The minimum atomic E-state index is -1.18. The molecule has 0 bridgehead atoms. The Balaban J connectivity index is 1.37. The topological polar surface area (TPSA) is 99.2 Å². The Hall–Kier alpha value is -3.39. The number of likely N-dealkylation sites (tertiary alicyclic amines) is 1. The van der Waals surface area contributed by atoms with Gasteiger partial charge in [0.25, 0.3) is 0 Å². The van der Waals surface area contributed by atoms with Gasteiger partial charge in [-0.05, 0) is 61.2 Å². The van der Waals surface area contributed by atoms with Crippen LogP contribution >= 0.6 is 0 Å². The minimum absolute atomic E-state index is 0.0965. The number of aliphatic carboxylic acids is 1. The number of ether oxygens (including phenoxy) is 1. The van der Waals surface area contributed by atoms with Crippen LogP contribution in [0, 0.1) is 5.92 Å². The van der Waals surface area contributed by atoms with E-state index in [9.17, 15) is 19.5 Å². The molecule has 35 heavy (non-hydrogen) atoms. The van der Waals surface area contributed by atoms with E-state index in [4.69, 9.17) is 4.74 Å². The molecule has 8 heteroatoms. The van der Waals surface area contributed by atoms with Crippen molar-refractivity contribution in [2.24, 2.45) is 5.92 Å². The van der Waals surface area contributed by atoms with E-state index in [2.05, 4.69) is 29.4 Å². The van der Waals surface area contributed by atoms with Gasteiger partial charge in [0.15, 0.2) is 0 Å². The first-order chi connectivity index (χ1) is 16.8. The van der Waals surface area contributed by atoms with Gasteiger partial charge in [0.05, 0.1) is 6.42 Å². The SMILES string of the molecule is CN1CCC(CN(C)C(=O)C(CC(=O)O)NC(=O)OCC2c3ccccc3-c3ccccc32)CC1. The number of benzene rings is 2. The molecule has 1 heterocycles. The fourth-order valence-electron chi connectivity index (χ4n) is 5.14. The van der Waals surface area contributed by atoms with Gasteiger partial charge in [-0.2, -0.15) is 0 Å². The summed E-state index contributed by atoms with van der Waals surface area (Å²) in [4.78, 5) is 40.9. The van der Waals surface area contributed by atoms with Crippen LogP contribution in [-0.2, 0) is 14.3 Å². The number of piperidine rings is 1. The predicted molar refractivity (Wildman–Crippen MR) is 132 cm³/mol. The molecule has 2 aliphatic rings. The number of hydrogen-bond donors (Lipinski definition) is 2. The standard InChI is InChI=1S/C27H33N3O5/c1-29-13-11-18(12-14-29)16-30(2)26(33)24(15-25(31)32)28-27(34)35-17-23-21-9-5-3-7-19(21)20-8-4-6-10-22(20)23/h3-10,18,23-24H,11-17H2,1-2H3,(H,28,34)(H,31,32). The van der Waals surface area contributed by atoms with Crippen molar-refractivity contribution in [2.75, 3.05) is 40.3 Å². The molecule has 186 valence electrons. The van der Waals surface area contributed by atoms with Gasteiger partial charge in [-0.3, -0.25) is 9.59 Å². The summed E-state index contributed by atoms with van der Waals surface area (Å²) in [6.45, 7) is 2.58. The Kier molecular flexibility index (Phi) is 7.70. The Morgan fingerprint density at radius 1 is 1.06 bits per heavy atom. The summed E-state index contributed by atoms with van der Waals surface area (Å²) in [7, 11) is 3.74. The monoisotopic (exact) mass is 479 g/mol. The molecule has 1 unspecified atom stereocenters. The largest absolute Gasteiger partial charge is 0.481 e. The van der Waals surface area contributed by atoms with E-state index in [1.54, 1.807) is 7.05 Å². The highest BCUT2D eigenvalue weighted by Gasteiger charge is 2.31. The molecule has 0 saturated carbocycles. The first-order valence-electron chi connectivity index (χ1n) is 12.1. The maximum absolute atomic E-state index is 13.0. The smallest absolute Gasteiger partial charge is 0.407 e. The highest BCUT2D eigenvalue weighted by molar-refractivity contribution is 5.89. The van der Waals surface area contributed by atoms with Crippen LogP contribution in [-0.4, -0.2) is 79.3 Å². The highest BCUT2D eigenvalue weighted by atomic mass is 16.5. The lowest BCUT2D eigenvalue weighted by atomic mass is 9.96. The molecule has 0 aromatic heterocycles. The molecule has 2 amide bonds. The molecule has 1 saturated heterocycles. The van der Waals surface area contributed by atoms with Crippen molar-refractivity contribution >= 4 is 18.0 Å². The van der Waals surface area contributed by atoms with Gasteiger partial charge in [-0.15, -0.1) is 0 Å². The molecule has 2 N–H and O–H groups in total. The molecule has 1 aliphatic heterocycles. The van der Waals surface area contributed by atoms with Crippen LogP contribution in [0.4, 0.5) is 4.79 Å². The number of nitrogens with zero attached hydrogens (tertiary/aromatic N) is 2. The van der Waals surface area contributed by atoms with Crippen molar-refractivity contribution < 1.29 is 24.2 Å². The predicted octanol–water partition coefficient (Wildman–Crippen LogP) is 3.17. The number of rotatable bonds is 8. The third-order valence-electron chi connectivity index (χ3n) is 7.06. The molecule has 2 aromatic rings. The number of hydrogen-bond acceptors (Lipinski definition) is 5. The molecule has 2 aromatic carbocycles. The van der Waals surface area contributed by atoms with Crippen LogP contribution in [0.1, 0.15) is 36.3 Å². The third-order valence-corrected chi connectivity index (χ3v) is 7.06. The number of nitrogens with one attached hydrogen (secondary N) is 1. The van der Waals surface area contributed by atoms with Crippen molar-refractivity contribution in [3.8, 4) is 11.1 Å². The fourth-order valence-corrected chi connectivity index (χ4v) is 5.14. The van der Waals surface area contributed by atoms with E-state index < -0.39 is 30.4 Å². The van der Waals surface area contributed by atoms with Crippen LogP contribution in [0.2, 0.25) is 0 Å². The highest BCUT2D eigenvalue weighted by Crippen LogP contribution is 2.44. The van der Waals surface area contributed by atoms with Gasteiger partial charge >= 0.3 is 12.1 Å². The zero-order valence-corrected chi connectivity index (χ0v) is 20.3. The van der Waals surface area contributed by atoms with Crippen molar-refractivity contribution in [3.05, 3.63) is 59.7 Å². The van der Waals surface area contributed by atoms with E-state index in [1.165, 1.54) is 4.90 Å². The van der Waals surface area contributed by atoms with Crippen molar-refractivity contribution in [3.63, 3.8) is 0 Å². The first kappa shape index (κ1) is 24.7. The van der Waals surface area contributed by atoms with Crippen molar-refractivity contribution in [1.29, 1.82) is 0 Å². The minimum Gasteiger partial charge on any atom is -0.481 e. The van der Waals surface area contributed by atoms with Crippen LogP contribution in [0.25, 0.3) is 11.1 Å². The molecular formula is C27H33N3O5. The number of carboxylic acids is 1. The summed E-state index contributed by atoms with van der Waals surface area (Å²) in [5, 5.41) is 11.8. The zero-order chi connectivity index (χ0) is 24.9. The lowest BCUT2D eigenvalue weighted by Crippen LogP contribution is -2.50. The molecule has 1 fully saturated rings. The second-order valence-corrected chi connectivity index (χ2v) is 9.59. The average Bonchev–Trinajstić information content (AvgIpc) is 3.16. The maximum atomic E-state index is 13.0. The van der Waals surface area contributed by atoms with E-state index in [-0.39, 0.29) is 12.5 Å². The summed E-state index contributed by atoms with van der Waals surface area (Å²) in [5.41, 5.74) is 4.40. The Labute approximate surface area is 205 Å². The van der Waals surface area contributed by atoms with Gasteiger partial charge < -0.3 is 25.0 Å². The van der Waals surface area contributed by atoms with Gasteiger partial charge in [-0.25, -0.2) is 4.79 Å². The molecule has 4 rings (SSSR count). The Morgan fingerprint density at radius 2 is 1.63 bits per heavy atom. The van der Waals surface area contributed by atoms with Crippen LogP contribution in [0.3, 0.4) is 0 Å². The van der Waals surface area contributed by atoms with E-state index in [0.29, 0.717) is 12.5 Å². The molecular weight excluding hydrogens is 446 g/mol. The van der Waals surface area contributed by atoms with Gasteiger partial charge in [0, 0.05) is 19.5 Å². The number of carbonyl (C=O) groups excluding carboxylic acids is 2. The summed E-state index contributed by atoms with van der Waals surface area (Å²) in [6, 6.07) is 14.8. The maximum Gasteiger partial charge on any atom is 0.407 e. The molecule has 1 aliphatic carbocycles. The molecule has 0 spiro atoms. The average molecular weight is 480 g/mol. The van der Waals surface area contributed by atoms with Gasteiger partial charge in [-0.1, -0.05) is 48.5 Å². The number of alkyl carbamates (subject to hydrolysis) is 1. The zero-order valence-electron chi connectivity index (χ0n) is 20.3. The number of carbonyl (C=O) groups is 3. The molecule has 8 nitrogen and oxygen atoms in total. The number of fused-ring (bicyclic) bond motifs is 3. The number of amides is 2. The van der Waals surface area contributed by atoms with Gasteiger partial charge in [0.2, 0.25) is 5.91 Å². The lowest BCUT2D eigenvalue weighted by molar-refractivity contribution is -0.142. The van der Waals surface area contributed by atoms with Crippen LogP contribution < -0.4 is 5.32 Å². The second-order valence-electron chi connectivity index (χ2n) is 9.59. The van der Waals surface area contributed by atoms with Crippen LogP contribution in [0.15, 0.2) is 48.5 Å². The first-order valence-corrected chi connectivity index (χ1v) is 12.1. The summed E-state index contributed by atoms with van der Waals surface area (Å²) < 4.78 is 5.52. The van der Waals surface area contributed by atoms with Crippen LogP contribution in [0.5, 0.6) is 0 Å². The number of carboxylic acid groups (broad SMARTS) is 1. The van der Waals surface area contributed by atoms with Crippen molar-refractivity contribution in [1.82, 2.24) is 15.1 Å². The Morgan fingerprint density at radius 3 is 2.20 bits per heavy atom. The quantitative estimate of drug-likeness (QED) is 0.604. The van der Waals surface area contributed by atoms with E-state index in [1.807, 2.05) is 36.4 Å². The van der Waals surface area contributed by atoms with E-state index >= 15 is 0 Å². The Bertz CT molecular complexity index is 1030.